The molecule has 1 atom stereocenters. The molecule has 1 unspecified atom stereocenters. The van der Waals surface area contributed by atoms with Gasteiger partial charge in [0.15, 0.2) is 11.6 Å². The summed E-state index contributed by atoms with van der Waals surface area (Å²) in [6, 6.07) is 3.43. The molecule has 0 fully saturated rings. The van der Waals surface area contributed by atoms with E-state index in [1.54, 1.807) is 4.68 Å². The van der Waals surface area contributed by atoms with Crippen LogP contribution in [0.15, 0.2) is 22.7 Å². The summed E-state index contributed by atoms with van der Waals surface area (Å²) in [5.41, 5.74) is 7.99. The van der Waals surface area contributed by atoms with Gasteiger partial charge in [0.05, 0.1) is 15.9 Å². The van der Waals surface area contributed by atoms with Crippen LogP contribution in [-0.2, 0) is 19.9 Å². The minimum atomic E-state index is -0.881. The molecule has 0 aliphatic rings. The van der Waals surface area contributed by atoms with Crippen LogP contribution < -0.4 is 5.73 Å². The van der Waals surface area contributed by atoms with Gasteiger partial charge in [-0.1, -0.05) is 19.1 Å². The molecule has 1 aromatic heterocycles. The molecule has 0 bridgehead atoms. The summed E-state index contributed by atoms with van der Waals surface area (Å²) in [5, 5.41) is 4.36. The van der Waals surface area contributed by atoms with Crippen molar-refractivity contribution < 1.29 is 8.78 Å². The molecule has 3 nitrogen and oxygen atoms in total. The molecule has 108 valence electrons. The Balaban J connectivity index is 2.30. The molecule has 0 spiro atoms. The Kier molecular flexibility index (Phi) is 4.55. The Morgan fingerprint density at radius 3 is 2.70 bits per heavy atom. The zero-order valence-corrected chi connectivity index (χ0v) is 12.9. The average molecular weight is 344 g/mol. The van der Waals surface area contributed by atoms with Gasteiger partial charge in [-0.15, -0.1) is 0 Å². The van der Waals surface area contributed by atoms with Gasteiger partial charge < -0.3 is 5.73 Å². The molecular formula is C14H16BrF2N3. The summed E-state index contributed by atoms with van der Waals surface area (Å²) in [4.78, 5) is 0. The van der Waals surface area contributed by atoms with E-state index in [4.69, 9.17) is 5.73 Å². The van der Waals surface area contributed by atoms with Gasteiger partial charge in [0.2, 0.25) is 0 Å². The van der Waals surface area contributed by atoms with Crippen molar-refractivity contribution in [1.82, 2.24) is 9.78 Å². The summed E-state index contributed by atoms with van der Waals surface area (Å²) in [6.45, 7) is 2.00. The monoisotopic (exact) mass is 343 g/mol. The Morgan fingerprint density at radius 2 is 2.10 bits per heavy atom. The van der Waals surface area contributed by atoms with Crippen LogP contribution in [0.1, 0.15) is 29.9 Å². The predicted octanol–water partition coefficient (Wildman–Crippen LogP) is 3.27. The number of aromatic nitrogens is 2. The van der Waals surface area contributed by atoms with Crippen LogP contribution in [0.4, 0.5) is 8.78 Å². The van der Waals surface area contributed by atoms with Gasteiger partial charge in [-0.3, -0.25) is 4.68 Å². The van der Waals surface area contributed by atoms with E-state index in [1.807, 2.05) is 14.0 Å². The Morgan fingerprint density at radius 1 is 1.40 bits per heavy atom. The van der Waals surface area contributed by atoms with Crippen LogP contribution in [0.3, 0.4) is 0 Å². The second kappa shape index (κ2) is 6.01. The highest BCUT2D eigenvalue weighted by Crippen LogP contribution is 2.27. The average Bonchev–Trinajstić information content (AvgIpc) is 2.69. The highest BCUT2D eigenvalue weighted by Gasteiger charge is 2.19. The highest BCUT2D eigenvalue weighted by atomic mass is 79.9. The summed E-state index contributed by atoms with van der Waals surface area (Å²) in [7, 11) is 1.81. The zero-order chi connectivity index (χ0) is 14.9. The topological polar surface area (TPSA) is 43.8 Å². The van der Waals surface area contributed by atoms with Crippen LogP contribution in [0.2, 0.25) is 0 Å². The Hall–Kier alpha value is -1.27. The first-order valence-corrected chi connectivity index (χ1v) is 7.14. The number of halogens is 3. The van der Waals surface area contributed by atoms with E-state index in [-0.39, 0.29) is 5.56 Å². The smallest absolute Gasteiger partial charge is 0.163 e. The number of aryl methyl sites for hydroxylation is 2. The lowest BCUT2D eigenvalue weighted by molar-refractivity contribution is 0.485. The van der Waals surface area contributed by atoms with Gasteiger partial charge in [-0.2, -0.15) is 5.10 Å². The normalized spacial score (nSPS) is 12.7. The molecule has 0 amide bonds. The highest BCUT2D eigenvalue weighted by molar-refractivity contribution is 9.10. The van der Waals surface area contributed by atoms with Gasteiger partial charge in [0, 0.05) is 25.1 Å². The van der Waals surface area contributed by atoms with Gasteiger partial charge in [-0.25, -0.2) is 8.78 Å². The molecule has 0 aliphatic carbocycles. The largest absolute Gasteiger partial charge is 0.324 e. The number of hydrogen-bond donors (Lipinski definition) is 1. The van der Waals surface area contributed by atoms with E-state index in [9.17, 15) is 8.78 Å². The summed E-state index contributed by atoms with van der Waals surface area (Å²) in [6.07, 6.45) is 1.17. The van der Waals surface area contributed by atoms with E-state index in [1.165, 1.54) is 12.1 Å². The lowest BCUT2D eigenvalue weighted by Gasteiger charge is -2.14. The summed E-state index contributed by atoms with van der Waals surface area (Å²) in [5.74, 6) is -1.76. The molecule has 0 saturated heterocycles. The van der Waals surface area contributed by atoms with Crippen LogP contribution in [0.5, 0.6) is 0 Å². The standard InChI is InChI=1S/C14H16BrF2N3/c1-3-11-13(15)12(20(2)19-11)7-10(18)8-5-4-6-9(16)14(8)17/h4-6,10H,3,7,18H2,1-2H3. The molecule has 0 aliphatic heterocycles. The van der Waals surface area contributed by atoms with Crippen molar-refractivity contribution in [3.05, 3.63) is 51.3 Å². The van der Waals surface area contributed by atoms with E-state index in [2.05, 4.69) is 21.0 Å². The van der Waals surface area contributed by atoms with Crippen molar-refractivity contribution in [3.8, 4) is 0 Å². The van der Waals surface area contributed by atoms with Crippen molar-refractivity contribution in [2.45, 2.75) is 25.8 Å². The molecule has 1 aromatic carbocycles. The Bertz CT molecular complexity index is 625. The fourth-order valence-electron chi connectivity index (χ4n) is 2.17. The maximum atomic E-state index is 13.7. The number of hydrogen-bond acceptors (Lipinski definition) is 2. The quantitative estimate of drug-likeness (QED) is 0.925. The third kappa shape index (κ3) is 2.76. The number of nitrogens with two attached hydrogens (primary N) is 1. The van der Waals surface area contributed by atoms with Gasteiger partial charge in [-0.05, 0) is 28.4 Å². The fourth-order valence-corrected chi connectivity index (χ4v) is 2.94. The lowest BCUT2D eigenvalue weighted by atomic mass is 10.0. The molecule has 2 rings (SSSR count). The van der Waals surface area contributed by atoms with Crippen molar-refractivity contribution in [2.24, 2.45) is 12.8 Å². The predicted molar refractivity (Wildman–Crippen MR) is 77.3 cm³/mol. The van der Waals surface area contributed by atoms with Crippen molar-refractivity contribution in [1.29, 1.82) is 0 Å². The minimum Gasteiger partial charge on any atom is -0.324 e. The minimum absolute atomic E-state index is 0.177. The van der Waals surface area contributed by atoms with E-state index in [0.717, 1.165) is 28.3 Å². The summed E-state index contributed by atoms with van der Waals surface area (Å²) < 4.78 is 29.6. The lowest BCUT2D eigenvalue weighted by Crippen LogP contribution is -2.17. The van der Waals surface area contributed by atoms with Gasteiger partial charge in [0.25, 0.3) is 0 Å². The van der Waals surface area contributed by atoms with Crippen LogP contribution >= 0.6 is 15.9 Å². The first-order chi connectivity index (χ1) is 9.45. The van der Waals surface area contributed by atoms with Crippen molar-refractivity contribution in [2.75, 3.05) is 0 Å². The molecule has 1 heterocycles. The molecule has 0 saturated carbocycles. The van der Waals surface area contributed by atoms with Crippen LogP contribution in [0.25, 0.3) is 0 Å². The maximum absolute atomic E-state index is 13.7. The van der Waals surface area contributed by atoms with Gasteiger partial charge in [0.1, 0.15) is 0 Å². The number of rotatable bonds is 4. The molecule has 0 radical (unpaired) electrons. The SMILES string of the molecule is CCc1nn(C)c(CC(N)c2cccc(F)c2F)c1Br. The first-order valence-electron chi connectivity index (χ1n) is 6.35. The Labute approximate surface area is 124 Å². The second-order valence-electron chi connectivity index (χ2n) is 4.64. The number of nitrogens with zero attached hydrogens (tertiary/aromatic N) is 2. The zero-order valence-electron chi connectivity index (χ0n) is 11.3. The second-order valence-corrected chi connectivity index (χ2v) is 5.43. The summed E-state index contributed by atoms with van der Waals surface area (Å²) >= 11 is 3.49. The molecule has 20 heavy (non-hydrogen) atoms. The van der Waals surface area contributed by atoms with Crippen molar-refractivity contribution in [3.63, 3.8) is 0 Å². The molecule has 2 aromatic rings. The van der Waals surface area contributed by atoms with E-state index >= 15 is 0 Å². The van der Waals surface area contributed by atoms with Crippen LogP contribution in [-0.4, -0.2) is 9.78 Å². The third-order valence-corrected chi connectivity index (χ3v) is 4.21. The van der Waals surface area contributed by atoms with Crippen LogP contribution in [0, 0.1) is 11.6 Å². The fraction of sp³-hybridized carbons (Fsp3) is 0.357. The molecule has 6 heteroatoms. The van der Waals surface area contributed by atoms with Crippen molar-refractivity contribution >= 4 is 15.9 Å². The maximum Gasteiger partial charge on any atom is 0.163 e. The molecule has 2 N–H and O–H groups in total. The third-order valence-electron chi connectivity index (χ3n) is 3.30. The number of benzene rings is 1. The van der Waals surface area contributed by atoms with E-state index in [0.29, 0.717) is 6.42 Å². The molecular weight excluding hydrogens is 328 g/mol. The van der Waals surface area contributed by atoms with E-state index < -0.39 is 17.7 Å². The van der Waals surface area contributed by atoms with Gasteiger partial charge >= 0.3 is 0 Å². The first kappa shape index (κ1) is 15.1.